The number of allylic oxidation sites excluding steroid dienone is 1. The van der Waals surface area contributed by atoms with Crippen molar-refractivity contribution in [2.75, 3.05) is 18.5 Å². The van der Waals surface area contributed by atoms with Gasteiger partial charge in [-0.05, 0) is 71.2 Å². The molecule has 1 aromatic carbocycles. The molecule has 0 radical (unpaired) electrons. The highest BCUT2D eigenvalue weighted by Gasteiger charge is 2.12. The minimum absolute atomic E-state index is 0.270. The zero-order valence-electron chi connectivity index (χ0n) is 10.3. The number of carbonyl (C=O) groups excluding carboxylic acids is 1. The fourth-order valence-corrected chi connectivity index (χ4v) is 3.50. The summed E-state index contributed by atoms with van der Waals surface area (Å²) >= 11 is 4.45. The second-order valence-electron chi connectivity index (χ2n) is 3.49. The summed E-state index contributed by atoms with van der Waals surface area (Å²) in [6.45, 7) is 4.97. The number of rotatable bonds is 5. The second-order valence-corrected chi connectivity index (χ2v) is 5.81. The molecular weight excluding hydrogens is 456 g/mol. The topological polar surface area (TPSA) is 38.3 Å². The first-order valence-corrected chi connectivity index (χ1v) is 7.77. The molecule has 0 aliphatic heterocycles. The van der Waals surface area contributed by atoms with Crippen molar-refractivity contribution in [3.05, 3.63) is 37.0 Å². The molecule has 0 atom stereocenters. The average molecular weight is 471 g/mol. The molecule has 0 aliphatic rings. The predicted molar refractivity (Wildman–Crippen MR) is 91.1 cm³/mol. The van der Waals surface area contributed by atoms with E-state index in [1.54, 1.807) is 6.92 Å². The van der Waals surface area contributed by atoms with Crippen molar-refractivity contribution in [2.45, 2.75) is 13.8 Å². The maximum absolute atomic E-state index is 11.7. The van der Waals surface area contributed by atoms with E-state index in [2.05, 4.69) is 50.5 Å². The summed E-state index contributed by atoms with van der Waals surface area (Å²) < 4.78 is 7.04. The Labute approximate surface area is 135 Å². The van der Waals surface area contributed by atoms with Crippen LogP contribution in [0.25, 0.3) is 0 Å². The van der Waals surface area contributed by atoms with E-state index < -0.39 is 0 Å². The third kappa shape index (κ3) is 4.42. The molecule has 18 heavy (non-hydrogen) atoms. The lowest BCUT2D eigenvalue weighted by Gasteiger charge is -2.11. The SMILES string of the molecule is C/C=C/CNc1c(I)cc(C(=O)OCC)cc1I. The summed E-state index contributed by atoms with van der Waals surface area (Å²) in [5.74, 6) is -0.270. The lowest BCUT2D eigenvalue weighted by molar-refractivity contribution is 0.0526. The fraction of sp³-hybridized carbons (Fsp3) is 0.308. The third-order valence-corrected chi connectivity index (χ3v) is 3.89. The number of carbonyl (C=O) groups is 1. The molecule has 0 bridgehead atoms. The van der Waals surface area contributed by atoms with E-state index in [1.165, 1.54) is 0 Å². The number of hydrogen-bond donors (Lipinski definition) is 1. The van der Waals surface area contributed by atoms with Crippen LogP contribution in [0.5, 0.6) is 0 Å². The Morgan fingerprint density at radius 2 is 2.00 bits per heavy atom. The van der Waals surface area contributed by atoms with Gasteiger partial charge in [0, 0.05) is 13.7 Å². The zero-order chi connectivity index (χ0) is 13.5. The second kappa shape index (κ2) is 7.98. The van der Waals surface area contributed by atoms with Gasteiger partial charge in [0.15, 0.2) is 0 Å². The normalized spacial score (nSPS) is 10.7. The molecule has 5 heteroatoms. The quantitative estimate of drug-likeness (QED) is 0.400. The lowest BCUT2D eigenvalue weighted by Crippen LogP contribution is -2.08. The van der Waals surface area contributed by atoms with Gasteiger partial charge in [-0.2, -0.15) is 0 Å². The summed E-state index contributed by atoms with van der Waals surface area (Å²) in [6.07, 6.45) is 4.05. The number of halogens is 2. The Kier molecular flexibility index (Phi) is 6.98. The van der Waals surface area contributed by atoms with Crippen molar-refractivity contribution >= 4 is 56.8 Å². The van der Waals surface area contributed by atoms with Crippen LogP contribution < -0.4 is 5.32 Å². The summed E-state index contributed by atoms with van der Waals surface area (Å²) in [5, 5.41) is 3.33. The summed E-state index contributed by atoms with van der Waals surface area (Å²) in [6, 6.07) is 3.69. The molecule has 0 saturated heterocycles. The molecule has 0 heterocycles. The molecule has 0 fully saturated rings. The van der Waals surface area contributed by atoms with Gasteiger partial charge in [0.25, 0.3) is 0 Å². The molecule has 98 valence electrons. The van der Waals surface area contributed by atoms with Crippen LogP contribution in [0.2, 0.25) is 0 Å². The van der Waals surface area contributed by atoms with Gasteiger partial charge >= 0.3 is 5.97 Å². The van der Waals surface area contributed by atoms with Crippen molar-refractivity contribution < 1.29 is 9.53 Å². The van der Waals surface area contributed by atoms with E-state index in [0.29, 0.717) is 12.2 Å². The Hall–Kier alpha value is -0.310. The number of esters is 1. The fourth-order valence-electron chi connectivity index (χ4n) is 1.35. The van der Waals surface area contributed by atoms with Gasteiger partial charge in [-0.15, -0.1) is 0 Å². The van der Waals surface area contributed by atoms with E-state index in [1.807, 2.05) is 31.2 Å². The van der Waals surface area contributed by atoms with Crippen LogP contribution in [0.15, 0.2) is 24.3 Å². The highest BCUT2D eigenvalue weighted by molar-refractivity contribution is 14.1. The third-order valence-electron chi connectivity index (χ3n) is 2.19. The molecule has 0 amide bonds. The van der Waals surface area contributed by atoms with Crippen LogP contribution in [-0.4, -0.2) is 19.1 Å². The Balaban J connectivity index is 2.93. The van der Waals surface area contributed by atoms with E-state index in [4.69, 9.17) is 4.74 Å². The lowest BCUT2D eigenvalue weighted by atomic mass is 10.2. The standard InChI is InChI=1S/C13H15I2NO2/c1-3-5-6-16-12-10(14)7-9(8-11(12)15)13(17)18-4-2/h3,5,7-8,16H,4,6H2,1-2H3/b5-3+. The maximum atomic E-state index is 11.7. The highest BCUT2D eigenvalue weighted by atomic mass is 127. The number of benzene rings is 1. The molecule has 1 N–H and O–H groups in total. The summed E-state index contributed by atoms with van der Waals surface area (Å²) in [5.41, 5.74) is 1.66. The first-order chi connectivity index (χ1) is 8.60. The monoisotopic (exact) mass is 471 g/mol. The summed E-state index contributed by atoms with van der Waals surface area (Å²) in [4.78, 5) is 11.7. The first kappa shape index (κ1) is 15.7. The largest absolute Gasteiger partial charge is 0.462 e. The molecule has 0 unspecified atom stereocenters. The van der Waals surface area contributed by atoms with E-state index in [-0.39, 0.29) is 5.97 Å². The molecule has 3 nitrogen and oxygen atoms in total. The van der Waals surface area contributed by atoms with Crippen molar-refractivity contribution in [3.63, 3.8) is 0 Å². The van der Waals surface area contributed by atoms with Crippen LogP contribution in [-0.2, 0) is 4.74 Å². The zero-order valence-corrected chi connectivity index (χ0v) is 14.6. The number of ether oxygens (including phenoxy) is 1. The molecule has 0 aliphatic carbocycles. The smallest absolute Gasteiger partial charge is 0.338 e. The molecule has 1 aromatic rings. The van der Waals surface area contributed by atoms with Gasteiger partial charge in [-0.25, -0.2) is 4.79 Å². The predicted octanol–water partition coefficient (Wildman–Crippen LogP) is 4.06. The highest BCUT2D eigenvalue weighted by Crippen LogP contribution is 2.26. The Morgan fingerprint density at radius 1 is 1.39 bits per heavy atom. The summed E-state index contributed by atoms with van der Waals surface area (Å²) in [7, 11) is 0. The molecule has 0 spiro atoms. The number of nitrogens with one attached hydrogen (secondary N) is 1. The molecule has 0 saturated carbocycles. The minimum atomic E-state index is -0.270. The van der Waals surface area contributed by atoms with Gasteiger partial charge in [0.1, 0.15) is 0 Å². The van der Waals surface area contributed by atoms with E-state index in [0.717, 1.165) is 19.4 Å². The number of anilines is 1. The van der Waals surface area contributed by atoms with Crippen LogP contribution in [0.3, 0.4) is 0 Å². The van der Waals surface area contributed by atoms with Crippen molar-refractivity contribution in [3.8, 4) is 0 Å². The van der Waals surface area contributed by atoms with Crippen LogP contribution in [0.1, 0.15) is 24.2 Å². The van der Waals surface area contributed by atoms with Crippen LogP contribution >= 0.6 is 45.2 Å². The van der Waals surface area contributed by atoms with Crippen LogP contribution in [0, 0.1) is 7.14 Å². The van der Waals surface area contributed by atoms with Gasteiger partial charge in [-0.1, -0.05) is 12.2 Å². The van der Waals surface area contributed by atoms with E-state index in [9.17, 15) is 4.79 Å². The van der Waals surface area contributed by atoms with Gasteiger partial charge < -0.3 is 10.1 Å². The minimum Gasteiger partial charge on any atom is -0.462 e. The maximum Gasteiger partial charge on any atom is 0.338 e. The number of hydrogen-bond acceptors (Lipinski definition) is 3. The van der Waals surface area contributed by atoms with Gasteiger partial charge in [0.05, 0.1) is 17.9 Å². The van der Waals surface area contributed by atoms with Crippen molar-refractivity contribution in [2.24, 2.45) is 0 Å². The Bertz CT molecular complexity index is 435. The first-order valence-electron chi connectivity index (χ1n) is 5.61. The van der Waals surface area contributed by atoms with Gasteiger partial charge in [-0.3, -0.25) is 0 Å². The van der Waals surface area contributed by atoms with Gasteiger partial charge in [0.2, 0.25) is 0 Å². The van der Waals surface area contributed by atoms with Crippen molar-refractivity contribution in [1.29, 1.82) is 0 Å². The molecular formula is C13H15I2NO2. The average Bonchev–Trinajstić information content (AvgIpc) is 2.32. The van der Waals surface area contributed by atoms with Crippen molar-refractivity contribution in [1.82, 2.24) is 0 Å². The molecule has 1 rings (SSSR count). The van der Waals surface area contributed by atoms with Crippen LogP contribution in [0.4, 0.5) is 5.69 Å². The Morgan fingerprint density at radius 3 is 2.50 bits per heavy atom. The molecule has 0 aromatic heterocycles. The van der Waals surface area contributed by atoms with E-state index >= 15 is 0 Å².